The van der Waals surface area contributed by atoms with E-state index in [0.29, 0.717) is 12.3 Å². The third-order valence-electron chi connectivity index (χ3n) is 3.22. The van der Waals surface area contributed by atoms with Crippen LogP contribution in [0.5, 0.6) is 11.5 Å². The molecule has 4 heteroatoms. The summed E-state index contributed by atoms with van der Waals surface area (Å²) in [5.41, 5.74) is 0.894. The summed E-state index contributed by atoms with van der Waals surface area (Å²) in [5, 5.41) is 13.3. The first-order chi connectivity index (χ1) is 8.13. The number of methoxy groups -OCH3 is 1. The smallest absolute Gasteiger partial charge is 0.123 e. The Balaban J connectivity index is 1.99. The topological polar surface area (TPSA) is 50.7 Å². The average Bonchev–Trinajstić information content (AvgIpc) is 2.75. The standard InChI is InChI=1S/C13H19NO3/c1-13(5-6-17-9-13)14-8-10-3-4-11(16-2)7-12(10)15/h3-4,7,14-15H,5-6,8-9H2,1-2H3. The van der Waals surface area contributed by atoms with Gasteiger partial charge in [0.05, 0.1) is 13.7 Å². The summed E-state index contributed by atoms with van der Waals surface area (Å²) >= 11 is 0. The Hall–Kier alpha value is -1.26. The van der Waals surface area contributed by atoms with Crippen molar-refractivity contribution >= 4 is 0 Å². The van der Waals surface area contributed by atoms with E-state index in [0.717, 1.165) is 25.2 Å². The minimum absolute atomic E-state index is 0.0202. The van der Waals surface area contributed by atoms with Crippen LogP contribution in [-0.4, -0.2) is 31.0 Å². The average molecular weight is 237 g/mol. The van der Waals surface area contributed by atoms with Gasteiger partial charge in [0.2, 0.25) is 0 Å². The van der Waals surface area contributed by atoms with E-state index in [1.807, 2.05) is 12.1 Å². The molecule has 0 spiro atoms. The lowest BCUT2D eigenvalue weighted by Crippen LogP contribution is -2.42. The maximum atomic E-state index is 9.83. The number of phenols is 1. The zero-order valence-electron chi connectivity index (χ0n) is 10.3. The summed E-state index contributed by atoms with van der Waals surface area (Å²) in [6.45, 7) is 4.30. The largest absolute Gasteiger partial charge is 0.507 e. The van der Waals surface area contributed by atoms with Crippen LogP contribution >= 0.6 is 0 Å². The molecule has 0 bridgehead atoms. The summed E-state index contributed by atoms with van der Waals surface area (Å²) in [6, 6.07) is 5.36. The molecular formula is C13H19NO3. The zero-order chi connectivity index (χ0) is 12.3. The van der Waals surface area contributed by atoms with Crippen molar-refractivity contribution in [3.63, 3.8) is 0 Å². The van der Waals surface area contributed by atoms with Gasteiger partial charge < -0.3 is 19.9 Å². The highest BCUT2D eigenvalue weighted by Crippen LogP contribution is 2.25. The summed E-state index contributed by atoms with van der Waals surface area (Å²) in [6.07, 6.45) is 1.00. The molecule has 1 heterocycles. The Morgan fingerprint density at radius 2 is 2.35 bits per heavy atom. The number of nitrogens with one attached hydrogen (secondary N) is 1. The Kier molecular flexibility index (Phi) is 3.54. The van der Waals surface area contributed by atoms with E-state index in [2.05, 4.69) is 12.2 Å². The van der Waals surface area contributed by atoms with Crippen molar-refractivity contribution in [2.75, 3.05) is 20.3 Å². The first-order valence-electron chi connectivity index (χ1n) is 5.82. The van der Waals surface area contributed by atoms with Crippen LogP contribution in [0, 0.1) is 0 Å². The Bertz CT molecular complexity index is 386. The molecule has 0 saturated carbocycles. The highest BCUT2D eigenvalue weighted by molar-refractivity contribution is 5.39. The molecule has 1 aliphatic heterocycles. The molecule has 1 aromatic rings. The fraction of sp³-hybridized carbons (Fsp3) is 0.538. The SMILES string of the molecule is COc1ccc(CNC2(C)CCOC2)c(O)c1. The normalized spacial score (nSPS) is 23.9. The van der Waals surface area contributed by atoms with Crippen LogP contribution < -0.4 is 10.1 Å². The van der Waals surface area contributed by atoms with Crippen LogP contribution in [0.1, 0.15) is 18.9 Å². The van der Waals surface area contributed by atoms with Gasteiger partial charge in [0.25, 0.3) is 0 Å². The monoisotopic (exact) mass is 237 g/mol. The van der Waals surface area contributed by atoms with E-state index in [1.54, 1.807) is 13.2 Å². The molecule has 94 valence electrons. The van der Waals surface area contributed by atoms with E-state index in [1.165, 1.54) is 0 Å². The molecule has 1 fully saturated rings. The Morgan fingerprint density at radius 3 is 2.94 bits per heavy atom. The third-order valence-corrected chi connectivity index (χ3v) is 3.22. The van der Waals surface area contributed by atoms with Crippen molar-refractivity contribution in [3.8, 4) is 11.5 Å². The maximum absolute atomic E-state index is 9.83. The van der Waals surface area contributed by atoms with Crippen LogP contribution in [0.2, 0.25) is 0 Å². The minimum atomic E-state index is 0.0202. The van der Waals surface area contributed by atoms with Gasteiger partial charge in [-0.25, -0.2) is 0 Å². The van der Waals surface area contributed by atoms with Gasteiger partial charge in [0.1, 0.15) is 11.5 Å². The van der Waals surface area contributed by atoms with Gasteiger partial charge >= 0.3 is 0 Å². The number of phenolic OH excluding ortho intramolecular Hbond substituents is 1. The number of hydrogen-bond acceptors (Lipinski definition) is 4. The summed E-state index contributed by atoms with van der Waals surface area (Å²) < 4.78 is 10.4. The van der Waals surface area contributed by atoms with Crippen LogP contribution in [0.15, 0.2) is 18.2 Å². The highest BCUT2D eigenvalue weighted by Gasteiger charge is 2.28. The number of aromatic hydroxyl groups is 1. The van der Waals surface area contributed by atoms with Gasteiger partial charge in [-0.2, -0.15) is 0 Å². The number of rotatable bonds is 4. The second-order valence-electron chi connectivity index (χ2n) is 4.71. The predicted octanol–water partition coefficient (Wildman–Crippen LogP) is 1.67. The van der Waals surface area contributed by atoms with E-state index >= 15 is 0 Å². The summed E-state index contributed by atoms with van der Waals surface area (Å²) in [4.78, 5) is 0. The van der Waals surface area contributed by atoms with Crippen molar-refractivity contribution in [2.24, 2.45) is 0 Å². The van der Waals surface area contributed by atoms with Crippen LogP contribution in [0.4, 0.5) is 0 Å². The molecule has 0 amide bonds. The van der Waals surface area contributed by atoms with E-state index < -0.39 is 0 Å². The first kappa shape index (κ1) is 12.2. The van der Waals surface area contributed by atoms with E-state index in [4.69, 9.17) is 9.47 Å². The number of benzene rings is 1. The second kappa shape index (κ2) is 4.94. The van der Waals surface area contributed by atoms with Gasteiger partial charge in [-0.05, 0) is 19.4 Å². The molecule has 0 radical (unpaired) electrons. The number of ether oxygens (including phenoxy) is 2. The lowest BCUT2D eigenvalue weighted by Gasteiger charge is -2.23. The number of hydrogen-bond donors (Lipinski definition) is 2. The molecule has 2 N–H and O–H groups in total. The van der Waals surface area contributed by atoms with Gasteiger partial charge in [0.15, 0.2) is 0 Å². The van der Waals surface area contributed by atoms with Crippen molar-refractivity contribution in [2.45, 2.75) is 25.4 Å². The van der Waals surface area contributed by atoms with Gasteiger partial charge in [-0.1, -0.05) is 6.07 Å². The Morgan fingerprint density at radius 1 is 1.53 bits per heavy atom. The van der Waals surface area contributed by atoms with Crippen LogP contribution in [-0.2, 0) is 11.3 Å². The molecule has 17 heavy (non-hydrogen) atoms. The first-order valence-corrected chi connectivity index (χ1v) is 5.82. The third kappa shape index (κ3) is 2.90. The molecule has 1 saturated heterocycles. The van der Waals surface area contributed by atoms with E-state index in [-0.39, 0.29) is 11.3 Å². The molecule has 0 aromatic heterocycles. The van der Waals surface area contributed by atoms with Crippen molar-refractivity contribution in [3.05, 3.63) is 23.8 Å². The van der Waals surface area contributed by atoms with Gasteiger partial charge in [0, 0.05) is 30.3 Å². The zero-order valence-corrected chi connectivity index (χ0v) is 10.3. The molecular weight excluding hydrogens is 218 g/mol. The van der Waals surface area contributed by atoms with Crippen molar-refractivity contribution < 1.29 is 14.6 Å². The second-order valence-corrected chi connectivity index (χ2v) is 4.71. The van der Waals surface area contributed by atoms with Crippen molar-refractivity contribution in [1.82, 2.24) is 5.32 Å². The molecule has 1 aromatic carbocycles. The van der Waals surface area contributed by atoms with E-state index in [9.17, 15) is 5.11 Å². The maximum Gasteiger partial charge on any atom is 0.123 e. The van der Waals surface area contributed by atoms with Crippen LogP contribution in [0.3, 0.4) is 0 Å². The van der Waals surface area contributed by atoms with Crippen LogP contribution in [0.25, 0.3) is 0 Å². The summed E-state index contributed by atoms with van der Waals surface area (Å²) in [5.74, 6) is 0.932. The van der Waals surface area contributed by atoms with Gasteiger partial charge in [-0.15, -0.1) is 0 Å². The highest BCUT2D eigenvalue weighted by atomic mass is 16.5. The molecule has 0 aliphatic carbocycles. The predicted molar refractivity (Wildman–Crippen MR) is 65.3 cm³/mol. The molecule has 4 nitrogen and oxygen atoms in total. The fourth-order valence-corrected chi connectivity index (χ4v) is 1.94. The molecule has 1 unspecified atom stereocenters. The lowest BCUT2D eigenvalue weighted by atomic mass is 10.0. The van der Waals surface area contributed by atoms with Gasteiger partial charge in [-0.3, -0.25) is 0 Å². The minimum Gasteiger partial charge on any atom is -0.507 e. The fourth-order valence-electron chi connectivity index (χ4n) is 1.94. The quantitative estimate of drug-likeness (QED) is 0.836. The molecule has 2 rings (SSSR count). The molecule has 1 aliphatic rings. The van der Waals surface area contributed by atoms with Crippen molar-refractivity contribution in [1.29, 1.82) is 0 Å². The summed E-state index contributed by atoms with van der Waals surface area (Å²) in [7, 11) is 1.59. The lowest BCUT2D eigenvalue weighted by molar-refractivity contribution is 0.171. The molecule has 1 atom stereocenters. The Labute approximate surface area is 102 Å².